The first-order chi connectivity index (χ1) is 10.5. The molecule has 0 aliphatic heterocycles. The van der Waals surface area contributed by atoms with Crippen molar-refractivity contribution >= 4 is 66.7 Å². The van der Waals surface area contributed by atoms with E-state index in [2.05, 4.69) is 37.2 Å². The van der Waals surface area contributed by atoms with Crippen LogP contribution in [0, 0.1) is 0 Å². The Bertz CT molecular complexity index is 668. The summed E-state index contributed by atoms with van der Waals surface area (Å²) in [6.07, 6.45) is 0. The first-order valence-electron chi connectivity index (χ1n) is 6.09. The lowest BCUT2D eigenvalue weighted by atomic mass is 10.2. The number of rotatable bonds is 5. The normalized spacial score (nSPS) is 10.3. The quantitative estimate of drug-likeness (QED) is 0.664. The molecule has 0 spiro atoms. The molecule has 0 atom stereocenters. The number of thiophene rings is 1. The third-order valence-corrected chi connectivity index (χ3v) is 6.07. The van der Waals surface area contributed by atoms with Crippen LogP contribution in [0.4, 0.5) is 0 Å². The predicted octanol–water partition coefficient (Wildman–Crippen LogP) is 4.40. The fourth-order valence-electron chi connectivity index (χ4n) is 1.50. The fourth-order valence-corrected chi connectivity index (χ4v) is 3.56. The number of esters is 1. The lowest BCUT2D eigenvalue weighted by molar-refractivity contribution is -0.124. The highest BCUT2D eigenvalue weighted by molar-refractivity contribution is 9.13. The highest BCUT2D eigenvalue weighted by Crippen LogP contribution is 2.32. The van der Waals surface area contributed by atoms with Gasteiger partial charge in [-0.3, -0.25) is 4.79 Å². The predicted molar refractivity (Wildman–Crippen MR) is 93.3 cm³/mol. The summed E-state index contributed by atoms with van der Waals surface area (Å²) in [6, 6.07) is 8.76. The standard InChI is InChI=1S/C14H10Br2ClNO3S/c15-10-5-11(22-13(10)16)14(20)21-7-12(19)18-6-8-1-3-9(17)4-2-8/h1-5H,6-7H2,(H,18,19). The van der Waals surface area contributed by atoms with Crippen LogP contribution in [0.5, 0.6) is 0 Å². The van der Waals surface area contributed by atoms with Gasteiger partial charge in [-0.05, 0) is 55.6 Å². The maximum atomic E-state index is 11.8. The molecular weight excluding hydrogens is 457 g/mol. The highest BCUT2D eigenvalue weighted by Gasteiger charge is 2.14. The summed E-state index contributed by atoms with van der Waals surface area (Å²) in [6.45, 7) is 0.0310. The first kappa shape index (κ1) is 17.5. The van der Waals surface area contributed by atoms with Crippen molar-refractivity contribution in [2.24, 2.45) is 0 Å². The second kappa shape index (κ2) is 8.10. The summed E-state index contributed by atoms with van der Waals surface area (Å²) < 4.78 is 6.53. The van der Waals surface area contributed by atoms with Crippen LogP contribution in [-0.2, 0) is 16.1 Å². The Morgan fingerprint density at radius 3 is 2.50 bits per heavy atom. The second-order valence-corrected chi connectivity index (χ2v) is 7.87. The van der Waals surface area contributed by atoms with Gasteiger partial charge in [0, 0.05) is 16.0 Å². The molecule has 1 heterocycles. The van der Waals surface area contributed by atoms with Crippen LogP contribution in [0.15, 0.2) is 38.6 Å². The van der Waals surface area contributed by atoms with Crippen molar-refractivity contribution in [1.29, 1.82) is 0 Å². The Morgan fingerprint density at radius 1 is 1.23 bits per heavy atom. The molecule has 0 fully saturated rings. The number of nitrogens with one attached hydrogen (secondary N) is 1. The van der Waals surface area contributed by atoms with Crippen molar-refractivity contribution in [2.75, 3.05) is 6.61 Å². The molecule has 0 aliphatic carbocycles. The van der Waals surface area contributed by atoms with E-state index in [0.717, 1.165) is 13.8 Å². The Labute approximate surface area is 153 Å². The van der Waals surface area contributed by atoms with E-state index < -0.39 is 5.97 Å². The van der Waals surface area contributed by atoms with Crippen molar-refractivity contribution in [1.82, 2.24) is 5.32 Å². The van der Waals surface area contributed by atoms with Crippen molar-refractivity contribution in [3.05, 3.63) is 54.1 Å². The number of benzene rings is 1. The molecule has 8 heteroatoms. The Morgan fingerprint density at radius 2 is 1.91 bits per heavy atom. The first-order valence-corrected chi connectivity index (χ1v) is 8.87. The zero-order valence-electron chi connectivity index (χ0n) is 11.1. The number of carbonyl (C=O) groups excluding carboxylic acids is 2. The van der Waals surface area contributed by atoms with E-state index in [-0.39, 0.29) is 12.5 Å². The number of hydrogen-bond donors (Lipinski definition) is 1. The van der Waals surface area contributed by atoms with Gasteiger partial charge >= 0.3 is 5.97 Å². The van der Waals surface area contributed by atoms with Crippen molar-refractivity contribution in [2.45, 2.75) is 6.54 Å². The third-order valence-electron chi connectivity index (χ3n) is 2.58. The van der Waals surface area contributed by atoms with E-state index >= 15 is 0 Å². The van der Waals surface area contributed by atoms with Crippen LogP contribution in [0.3, 0.4) is 0 Å². The maximum Gasteiger partial charge on any atom is 0.348 e. The average Bonchev–Trinajstić information content (AvgIpc) is 2.84. The smallest absolute Gasteiger partial charge is 0.348 e. The number of ether oxygens (including phenoxy) is 1. The van der Waals surface area contributed by atoms with E-state index in [4.69, 9.17) is 16.3 Å². The molecular formula is C14H10Br2ClNO3S. The third kappa shape index (κ3) is 5.08. The number of halogens is 3. The van der Waals surface area contributed by atoms with Gasteiger partial charge in [-0.25, -0.2) is 4.79 Å². The topological polar surface area (TPSA) is 55.4 Å². The van der Waals surface area contributed by atoms with Crippen LogP contribution in [-0.4, -0.2) is 18.5 Å². The molecule has 4 nitrogen and oxygen atoms in total. The van der Waals surface area contributed by atoms with Gasteiger partial charge in [0.25, 0.3) is 5.91 Å². The number of amides is 1. The van der Waals surface area contributed by atoms with Gasteiger partial charge in [-0.2, -0.15) is 0 Å². The van der Waals surface area contributed by atoms with Crippen LogP contribution in [0.1, 0.15) is 15.2 Å². The lowest BCUT2D eigenvalue weighted by Crippen LogP contribution is -2.28. The average molecular weight is 468 g/mol. The van der Waals surface area contributed by atoms with Crippen LogP contribution >= 0.6 is 54.8 Å². The minimum absolute atomic E-state index is 0.320. The molecule has 1 aromatic carbocycles. The maximum absolute atomic E-state index is 11.8. The lowest BCUT2D eigenvalue weighted by Gasteiger charge is -2.06. The molecule has 0 saturated carbocycles. The summed E-state index contributed by atoms with van der Waals surface area (Å²) in [4.78, 5) is 23.9. The van der Waals surface area contributed by atoms with Crippen LogP contribution in [0.2, 0.25) is 5.02 Å². The molecule has 2 aromatic rings. The van der Waals surface area contributed by atoms with E-state index in [1.807, 2.05) is 12.1 Å². The minimum atomic E-state index is -0.530. The zero-order chi connectivity index (χ0) is 16.1. The zero-order valence-corrected chi connectivity index (χ0v) is 15.8. The summed E-state index contributed by atoms with van der Waals surface area (Å²) in [5, 5.41) is 3.30. The number of hydrogen-bond acceptors (Lipinski definition) is 4. The van der Waals surface area contributed by atoms with Gasteiger partial charge in [-0.1, -0.05) is 23.7 Å². The van der Waals surface area contributed by atoms with Crippen LogP contribution in [0.25, 0.3) is 0 Å². The molecule has 1 aromatic heterocycles. The molecule has 0 aliphatic rings. The number of carbonyl (C=O) groups is 2. The van der Waals surface area contributed by atoms with Gasteiger partial charge in [0.2, 0.25) is 0 Å². The van der Waals surface area contributed by atoms with E-state index in [9.17, 15) is 9.59 Å². The van der Waals surface area contributed by atoms with Crippen molar-refractivity contribution in [3.63, 3.8) is 0 Å². The van der Waals surface area contributed by atoms with Gasteiger partial charge < -0.3 is 10.1 Å². The van der Waals surface area contributed by atoms with Gasteiger partial charge in [0.05, 0.1) is 3.79 Å². The molecule has 2 rings (SSSR count). The summed E-state index contributed by atoms with van der Waals surface area (Å²) in [5.74, 6) is -0.893. The molecule has 1 N–H and O–H groups in total. The van der Waals surface area contributed by atoms with Crippen molar-refractivity contribution in [3.8, 4) is 0 Å². The highest BCUT2D eigenvalue weighted by atomic mass is 79.9. The SMILES string of the molecule is O=C(COC(=O)c1cc(Br)c(Br)s1)NCc1ccc(Cl)cc1. The van der Waals surface area contributed by atoms with Crippen LogP contribution < -0.4 is 5.32 Å². The second-order valence-electron chi connectivity index (χ2n) is 4.21. The molecule has 0 unspecified atom stereocenters. The fraction of sp³-hybridized carbons (Fsp3) is 0.143. The summed E-state index contributed by atoms with van der Waals surface area (Å²) in [5.41, 5.74) is 0.912. The monoisotopic (exact) mass is 465 g/mol. The van der Waals surface area contributed by atoms with E-state index in [1.165, 1.54) is 11.3 Å². The molecule has 116 valence electrons. The van der Waals surface area contributed by atoms with Gasteiger partial charge in [-0.15, -0.1) is 11.3 Å². The van der Waals surface area contributed by atoms with Gasteiger partial charge in [0.1, 0.15) is 4.88 Å². The molecule has 22 heavy (non-hydrogen) atoms. The van der Waals surface area contributed by atoms with E-state index in [1.54, 1.807) is 18.2 Å². The molecule has 0 radical (unpaired) electrons. The molecule has 0 saturated heterocycles. The largest absolute Gasteiger partial charge is 0.451 e. The molecule has 0 bridgehead atoms. The summed E-state index contributed by atoms with van der Waals surface area (Å²) in [7, 11) is 0. The van der Waals surface area contributed by atoms with Gasteiger partial charge in [0.15, 0.2) is 6.61 Å². The Kier molecular flexibility index (Phi) is 6.43. The Hall–Kier alpha value is -0.890. The van der Waals surface area contributed by atoms with E-state index in [0.29, 0.717) is 16.4 Å². The molecule has 1 amide bonds. The summed E-state index contributed by atoms with van der Waals surface area (Å²) >= 11 is 13.6. The van der Waals surface area contributed by atoms with Crippen molar-refractivity contribution < 1.29 is 14.3 Å². The Balaban J connectivity index is 1.77. The minimum Gasteiger partial charge on any atom is -0.451 e.